The van der Waals surface area contributed by atoms with Gasteiger partial charge < -0.3 is 0 Å². The van der Waals surface area contributed by atoms with Crippen LogP contribution in [0.3, 0.4) is 0 Å². The molecular formula is C7H12NO2S. The highest BCUT2D eigenvalue weighted by Gasteiger charge is 2.20. The summed E-state index contributed by atoms with van der Waals surface area (Å²) in [6.45, 7) is 6.58. The van der Waals surface area contributed by atoms with Gasteiger partial charge in [-0.05, 0) is 0 Å². The summed E-state index contributed by atoms with van der Waals surface area (Å²) in [5, 5.41) is 0. The van der Waals surface area contributed by atoms with Crippen molar-refractivity contribution in [3.63, 3.8) is 0 Å². The van der Waals surface area contributed by atoms with E-state index >= 15 is 0 Å². The summed E-state index contributed by atoms with van der Waals surface area (Å²) in [5.41, 5.74) is 0. The highest BCUT2D eigenvalue weighted by molar-refractivity contribution is 7.91. The Morgan fingerprint density at radius 1 is 1.27 bits per heavy atom. The first kappa shape index (κ1) is 8.74. The molecular weight excluding hydrogens is 162 g/mol. The molecule has 1 heterocycles. The SMILES string of the molecule is C=C[CH]N1CCS(=O)(=O)CC1. The average Bonchev–Trinajstić information content (AvgIpc) is 1.94. The Morgan fingerprint density at radius 3 is 2.27 bits per heavy atom. The Labute approximate surface area is 67.6 Å². The van der Waals surface area contributed by atoms with Crippen LogP contribution in [0.25, 0.3) is 0 Å². The number of hydrogen-bond acceptors (Lipinski definition) is 3. The van der Waals surface area contributed by atoms with E-state index in [-0.39, 0.29) is 11.5 Å². The topological polar surface area (TPSA) is 37.4 Å². The standard InChI is InChI=1S/C7H12NO2S/c1-2-3-8-4-6-11(9,10)7-5-8/h2-3H,1,4-7H2. The predicted octanol–water partition coefficient (Wildman–Crippen LogP) is 0.0646. The lowest BCUT2D eigenvalue weighted by atomic mass is 10.4. The number of nitrogens with zero attached hydrogens (tertiary/aromatic N) is 1. The molecule has 1 fully saturated rings. The van der Waals surface area contributed by atoms with E-state index in [1.807, 2.05) is 11.4 Å². The van der Waals surface area contributed by atoms with E-state index in [4.69, 9.17) is 0 Å². The molecule has 0 aromatic carbocycles. The molecule has 3 nitrogen and oxygen atoms in total. The third kappa shape index (κ3) is 2.63. The van der Waals surface area contributed by atoms with Crippen molar-refractivity contribution in [2.24, 2.45) is 0 Å². The summed E-state index contributed by atoms with van der Waals surface area (Å²) >= 11 is 0. The minimum absolute atomic E-state index is 0.275. The largest absolute Gasteiger partial charge is 0.293 e. The second kappa shape index (κ2) is 3.36. The molecule has 63 valence electrons. The van der Waals surface area contributed by atoms with Crippen molar-refractivity contribution in [2.75, 3.05) is 24.6 Å². The molecule has 0 N–H and O–H groups in total. The fraction of sp³-hybridized carbons (Fsp3) is 0.571. The van der Waals surface area contributed by atoms with Crippen LogP contribution < -0.4 is 0 Å². The predicted molar refractivity (Wildman–Crippen MR) is 44.7 cm³/mol. The van der Waals surface area contributed by atoms with Crippen molar-refractivity contribution in [1.29, 1.82) is 0 Å². The lowest BCUT2D eigenvalue weighted by Crippen LogP contribution is -2.38. The van der Waals surface area contributed by atoms with E-state index in [1.54, 1.807) is 6.08 Å². The molecule has 0 aromatic rings. The number of hydrogen-bond donors (Lipinski definition) is 0. The molecule has 1 aliphatic rings. The molecule has 0 unspecified atom stereocenters. The van der Waals surface area contributed by atoms with E-state index < -0.39 is 9.84 Å². The minimum atomic E-state index is -2.73. The Kier molecular flexibility index (Phi) is 2.67. The van der Waals surface area contributed by atoms with Crippen molar-refractivity contribution in [3.8, 4) is 0 Å². The lowest BCUT2D eigenvalue weighted by Gasteiger charge is -2.24. The fourth-order valence-corrected chi connectivity index (χ4v) is 2.25. The highest BCUT2D eigenvalue weighted by Crippen LogP contribution is 2.04. The van der Waals surface area contributed by atoms with Gasteiger partial charge in [0.2, 0.25) is 0 Å². The Balaban J connectivity index is 2.42. The zero-order valence-corrected chi connectivity index (χ0v) is 7.18. The molecule has 4 heteroatoms. The summed E-state index contributed by atoms with van der Waals surface area (Å²) in [7, 11) is -2.73. The summed E-state index contributed by atoms with van der Waals surface area (Å²) < 4.78 is 21.9. The third-order valence-electron chi connectivity index (χ3n) is 1.70. The third-order valence-corrected chi connectivity index (χ3v) is 3.30. The van der Waals surface area contributed by atoms with E-state index in [0.717, 1.165) is 0 Å². The normalized spacial score (nSPS) is 24.7. The maximum atomic E-state index is 10.9. The summed E-state index contributed by atoms with van der Waals surface area (Å²) in [5.74, 6) is 0.550. The van der Waals surface area contributed by atoms with Crippen molar-refractivity contribution in [3.05, 3.63) is 19.2 Å². The molecule has 0 bridgehead atoms. The van der Waals surface area contributed by atoms with E-state index in [1.165, 1.54) is 0 Å². The zero-order valence-electron chi connectivity index (χ0n) is 6.36. The molecule has 0 saturated carbocycles. The van der Waals surface area contributed by atoms with E-state index in [0.29, 0.717) is 13.1 Å². The van der Waals surface area contributed by atoms with Crippen LogP contribution in [0.5, 0.6) is 0 Å². The molecule has 1 rings (SSSR count). The number of rotatable bonds is 2. The van der Waals surface area contributed by atoms with Gasteiger partial charge in [0, 0.05) is 19.6 Å². The Hall–Kier alpha value is -0.350. The molecule has 0 aromatic heterocycles. The molecule has 0 aliphatic carbocycles. The lowest BCUT2D eigenvalue weighted by molar-refractivity contribution is 0.373. The van der Waals surface area contributed by atoms with Gasteiger partial charge in [-0.2, -0.15) is 0 Å². The van der Waals surface area contributed by atoms with E-state index in [9.17, 15) is 8.42 Å². The highest BCUT2D eigenvalue weighted by atomic mass is 32.2. The smallest absolute Gasteiger partial charge is 0.152 e. The van der Waals surface area contributed by atoms with Gasteiger partial charge in [-0.1, -0.05) is 6.08 Å². The first-order valence-electron chi connectivity index (χ1n) is 3.54. The second-order valence-corrected chi connectivity index (χ2v) is 4.88. The maximum Gasteiger partial charge on any atom is 0.152 e. The first-order valence-corrected chi connectivity index (χ1v) is 5.36. The second-order valence-electron chi connectivity index (χ2n) is 2.57. The molecule has 0 atom stereocenters. The first-order chi connectivity index (χ1) is 5.14. The van der Waals surface area contributed by atoms with Crippen LogP contribution in [0.4, 0.5) is 0 Å². The van der Waals surface area contributed by atoms with Crippen molar-refractivity contribution in [2.45, 2.75) is 0 Å². The average molecular weight is 174 g/mol. The van der Waals surface area contributed by atoms with Crippen LogP contribution in [0.1, 0.15) is 0 Å². The van der Waals surface area contributed by atoms with Crippen LogP contribution in [-0.2, 0) is 9.84 Å². The van der Waals surface area contributed by atoms with Crippen LogP contribution in [-0.4, -0.2) is 37.9 Å². The summed E-state index contributed by atoms with van der Waals surface area (Å²) in [6.07, 6.45) is 1.68. The Morgan fingerprint density at radius 2 is 1.82 bits per heavy atom. The van der Waals surface area contributed by atoms with Crippen molar-refractivity contribution >= 4 is 9.84 Å². The monoisotopic (exact) mass is 174 g/mol. The maximum absolute atomic E-state index is 10.9. The van der Waals surface area contributed by atoms with Crippen LogP contribution in [0, 0.1) is 6.54 Å². The fourth-order valence-electron chi connectivity index (χ4n) is 1.02. The van der Waals surface area contributed by atoms with Gasteiger partial charge in [0.05, 0.1) is 11.5 Å². The van der Waals surface area contributed by atoms with Crippen LogP contribution in [0.2, 0.25) is 0 Å². The minimum Gasteiger partial charge on any atom is -0.293 e. The van der Waals surface area contributed by atoms with Gasteiger partial charge in [0.1, 0.15) is 0 Å². The van der Waals surface area contributed by atoms with Crippen LogP contribution in [0.15, 0.2) is 12.7 Å². The number of sulfone groups is 1. The quantitative estimate of drug-likeness (QED) is 0.594. The van der Waals surface area contributed by atoms with Gasteiger partial charge in [-0.15, -0.1) is 6.58 Å². The molecule has 1 radical (unpaired) electrons. The van der Waals surface area contributed by atoms with Crippen LogP contribution >= 0.6 is 0 Å². The zero-order chi connectivity index (χ0) is 8.32. The van der Waals surface area contributed by atoms with Gasteiger partial charge in [0.15, 0.2) is 9.84 Å². The molecule has 1 aliphatic heterocycles. The Bertz CT molecular complexity index is 219. The van der Waals surface area contributed by atoms with Gasteiger partial charge in [-0.25, -0.2) is 8.42 Å². The molecule has 0 spiro atoms. The molecule has 11 heavy (non-hydrogen) atoms. The molecule has 0 amide bonds. The molecule has 1 saturated heterocycles. The van der Waals surface area contributed by atoms with Gasteiger partial charge >= 0.3 is 0 Å². The van der Waals surface area contributed by atoms with Crippen molar-refractivity contribution < 1.29 is 8.42 Å². The van der Waals surface area contributed by atoms with Crippen molar-refractivity contribution in [1.82, 2.24) is 4.90 Å². The summed E-state index contributed by atoms with van der Waals surface area (Å²) in [6, 6.07) is 0. The van der Waals surface area contributed by atoms with E-state index in [2.05, 4.69) is 6.58 Å². The van der Waals surface area contributed by atoms with Gasteiger partial charge in [-0.3, -0.25) is 4.90 Å². The summed E-state index contributed by atoms with van der Waals surface area (Å²) in [4.78, 5) is 1.97. The van der Waals surface area contributed by atoms with Gasteiger partial charge in [0.25, 0.3) is 0 Å².